The van der Waals surface area contributed by atoms with Gasteiger partial charge in [0.1, 0.15) is 11.5 Å². The second kappa shape index (κ2) is 7.85. The molecule has 0 bridgehead atoms. The molecular formula is C15H16F4O4. The Morgan fingerprint density at radius 1 is 1.09 bits per heavy atom. The normalized spacial score (nSPS) is 10.9. The molecule has 1 aromatic carbocycles. The Bertz CT molecular complexity index is 573. The van der Waals surface area contributed by atoms with Gasteiger partial charge in [0.25, 0.3) is 6.08 Å². The number of carbonyl (C=O) groups is 1. The minimum absolute atomic E-state index is 0.151. The van der Waals surface area contributed by atoms with E-state index >= 15 is 0 Å². The predicted molar refractivity (Wildman–Crippen MR) is 74.9 cm³/mol. The van der Waals surface area contributed by atoms with Crippen LogP contribution in [0.15, 0.2) is 24.3 Å². The topological polar surface area (TPSA) is 44.8 Å². The van der Waals surface area contributed by atoms with Gasteiger partial charge in [-0.05, 0) is 24.6 Å². The maximum Gasteiger partial charge on any atom is 0.377 e. The van der Waals surface area contributed by atoms with Crippen LogP contribution in [-0.2, 0) is 9.53 Å². The van der Waals surface area contributed by atoms with Gasteiger partial charge < -0.3 is 14.2 Å². The third kappa shape index (κ3) is 4.87. The number of rotatable bonds is 7. The lowest BCUT2D eigenvalue weighted by molar-refractivity contribution is -0.170. The van der Waals surface area contributed by atoms with Crippen molar-refractivity contribution < 1.29 is 36.6 Å². The van der Waals surface area contributed by atoms with Crippen LogP contribution >= 0.6 is 0 Å². The summed E-state index contributed by atoms with van der Waals surface area (Å²) in [6.45, 7) is 1.06. The summed E-state index contributed by atoms with van der Waals surface area (Å²) in [5, 5.41) is 0. The largest absolute Gasteiger partial charge is 0.497 e. The Hall–Kier alpha value is -2.25. The van der Waals surface area contributed by atoms with Crippen molar-refractivity contribution in [2.75, 3.05) is 20.8 Å². The Balaban J connectivity index is 3.24. The molecule has 0 saturated carbocycles. The second-order valence-corrected chi connectivity index (χ2v) is 4.44. The molecule has 0 aromatic heterocycles. The minimum Gasteiger partial charge on any atom is -0.497 e. The van der Waals surface area contributed by atoms with Crippen LogP contribution in [0.4, 0.5) is 17.6 Å². The maximum absolute atomic E-state index is 13.8. The smallest absolute Gasteiger partial charge is 0.377 e. The van der Waals surface area contributed by atoms with Crippen molar-refractivity contribution >= 4 is 11.5 Å². The highest BCUT2D eigenvalue weighted by atomic mass is 19.3. The van der Waals surface area contributed by atoms with Crippen molar-refractivity contribution in [3.8, 4) is 11.5 Å². The molecule has 1 rings (SSSR count). The van der Waals surface area contributed by atoms with Crippen molar-refractivity contribution in [2.24, 2.45) is 0 Å². The van der Waals surface area contributed by atoms with Gasteiger partial charge in [0.05, 0.1) is 27.2 Å². The fourth-order valence-electron chi connectivity index (χ4n) is 1.79. The highest BCUT2D eigenvalue weighted by Gasteiger charge is 2.42. The molecule has 0 radical (unpaired) electrons. The van der Waals surface area contributed by atoms with Crippen LogP contribution in [0.25, 0.3) is 5.57 Å². The number of carbonyl (C=O) groups excluding carboxylic acids is 1. The van der Waals surface area contributed by atoms with Crippen LogP contribution in [0.1, 0.15) is 18.9 Å². The zero-order chi connectivity index (χ0) is 17.6. The molecule has 0 spiro atoms. The number of allylic oxidation sites excluding steroid dienone is 1. The summed E-state index contributed by atoms with van der Waals surface area (Å²) < 4.78 is 67.9. The summed E-state index contributed by atoms with van der Waals surface area (Å²) in [6.07, 6.45) is -3.82. The minimum atomic E-state index is -4.08. The molecule has 23 heavy (non-hydrogen) atoms. The lowest BCUT2D eigenvalue weighted by Gasteiger charge is -2.17. The van der Waals surface area contributed by atoms with E-state index in [0.717, 1.165) is 12.1 Å². The van der Waals surface area contributed by atoms with Crippen LogP contribution in [-0.4, -0.2) is 32.7 Å². The Kier molecular flexibility index (Phi) is 6.41. The lowest BCUT2D eigenvalue weighted by atomic mass is 9.99. The van der Waals surface area contributed by atoms with Gasteiger partial charge >= 0.3 is 11.9 Å². The second-order valence-electron chi connectivity index (χ2n) is 4.44. The molecule has 0 amide bonds. The molecule has 0 aliphatic carbocycles. The first-order valence-electron chi connectivity index (χ1n) is 6.57. The van der Waals surface area contributed by atoms with Crippen molar-refractivity contribution in [1.29, 1.82) is 0 Å². The fraction of sp³-hybridized carbons (Fsp3) is 0.400. The summed E-state index contributed by atoms with van der Waals surface area (Å²) in [4.78, 5) is 11.2. The molecule has 0 unspecified atom stereocenters. The van der Waals surface area contributed by atoms with E-state index in [1.807, 2.05) is 0 Å². The first kappa shape index (κ1) is 18.8. The summed E-state index contributed by atoms with van der Waals surface area (Å²) in [7, 11) is 2.59. The van der Waals surface area contributed by atoms with Crippen LogP contribution in [0.3, 0.4) is 0 Å². The van der Waals surface area contributed by atoms with Gasteiger partial charge in [-0.1, -0.05) is 0 Å². The van der Waals surface area contributed by atoms with E-state index in [4.69, 9.17) is 9.47 Å². The van der Waals surface area contributed by atoms with E-state index in [2.05, 4.69) is 4.74 Å². The standard InChI is InChI=1S/C15H16F4O4/c1-4-23-14(20)15(18,19)8-12(13(16)17)9-5-10(21-2)7-11(6-9)22-3/h5-7H,4,8H2,1-3H3. The van der Waals surface area contributed by atoms with Crippen LogP contribution in [0.2, 0.25) is 0 Å². The van der Waals surface area contributed by atoms with E-state index in [9.17, 15) is 22.4 Å². The fourth-order valence-corrected chi connectivity index (χ4v) is 1.79. The Morgan fingerprint density at radius 3 is 2.00 bits per heavy atom. The zero-order valence-corrected chi connectivity index (χ0v) is 12.8. The summed E-state index contributed by atoms with van der Waals surface area (Å²) >= 11 is 0. The predicted octanol–water partition coefficient (Wildman–Crippen LogP) is 3.90. The highest BCUT2D eigenvalue weighted by Crippen LogP contribution is 2.36. The number of methoxy groups -OCH3 is 2. The van der Waals surface area contributed by atoms with E-state index in [-0.39, 0.29) is 23.7 Å². The van der Waals surface area contributed by atoms with Crippen molar-refractivity contribution in [3.05, 3.63) is 29.8 Å². The van der Waals surface area contributed by atoms with Crippen LogP contribution < -0.4 is 9.47 Å². The summed E-state index contributed by atoms with van der Waals surface area (Å²) in [6, 6.07) is 3.71. The van der Waals surface area contributed by atoms with E-state index in [1.165, 1.54) is 27.2 Å². The molecule has 8 heteroatoms. The van der Waals surface area contributed by atoms with Crippen molar-refractivity contribution in [3.63, 3.8) is 0 Å². The first-order chi connectivity index (χ1) is 10.7. The highest BCUT2D eigenvalue weighted by molar-refractivity contribution is 5.82. The third-order valence-electron chi connectivity index (χ3n) is 2.90. The molecule has 1 aromatic rings. The molecule has 0 aliphatic heterocycles. The molecule has 0 atom stereocenters. The summed E-state index contributed by atoms with van der Waals surface area (Å²) in [5.74, 6) is -5.63. The van der Waals surface area contributed by atoms with Gasteiger partial charge in [0.15, 0.2) is 0 Å². The molecule has 0 heterocycles. The van der Waals surface area contributed by atoms with Gasteiger partial charge in [-0.15, -0.1) is 0 Å². The van der Waals surface area contributed by atoms with Crippen LogP contribution in [0.5, 0.6) is 11.5 Å². The molecule has 4 nitrogen and oxygen atoms in total. The quantitative estimate of drug-likeness (QED) is 0.560. The number of hydrogen-bond donors (Lipinski definition) is 0. The Morgan fingerprint density at radius 2 is 1.61 bits per heavy atom. The molecular weight excluding hydrogens is 320 g/mol. The summed E-state index contributed by atoms with van der Waals surface area (Å²) in [5.41, 5.74) is -1.22. The van der Waals surface area contributed by atoms with Crippen LogP contribution in [0, 0.1) is 0 Å². The number of ether oxygens (including phenoxy) is 3. The molecule has 0 fully saturated rings. The third-order valence-corrected chi connectivity index (χ3v) is 2.90. The van der Waals surface area contributed by atoms with E-state index < -0.39 is 30.0 Å². The average molecular weight is 336 g/mol. The number of alkyl halides is 2. The molecule has 0 aliphatic rings. The average Bonchev–Trinajstić information content (AvgIpc) is 2.51. The monoisotopic (exact) mass is 336 g/mol. The van der Waals surface area contributed by atoms with Gasteiger partial charge in [0, 0.05) is 11.6 Å². The SMILES string of the molecule is CCOC(=O)C(F)(F)CC(=C(F)F)c1cc(OC)cc(OC)c1. The van der Waals surface area contributed by atoms with Crippen molar-refractivity contribution in [1.82, 2.24) is 0 Å². The van der Waals surface area contributed by atoms with Gasteiger partial charge in [0.2, 0.25) is 0 Å². The Labute approximate surface area is 130 Å². The maximum atomic E-state index is 13.8. The first-order valence-corrected chi connectivity index (χ1v) is 6.57. The van der Waals surface area contributed by atoms with Gasteiger partial charge in [-0.25, -0.2) is 4.79 Å². The van der Waals surface area contributed by atoms with E-state index in [1.54, 1.807) is 0 Å². The number of hydrogen-bond acceptors (Lipinski definition) is 4. The lowest BCUT2D eigenvalue weighted by Crippen LogP contribution is -2.31. The molecule has 0 N–H and O–H groups in total. The van der Waals surface area contributed by atoms with Gasteiger partial charge in [-0.2, -0.15) is 17.6 Å². The van der Waals surface area contributed by atoms with Gasteiger partial charge in [-0.3, -0.25) is 0 Å². The number of benzene rings is 1. The number of halogens is 4. The zero-order valence-electron chi connectivity index (χ0n) is 12.8. The number of esters is 1. The molecule has 0 saturated heterocycles. The molecule has 128 valence electrons. The van der Waals surface area contributed by atoms with E-state index in [0.29, 0.717) is 0 Å². The van der Waals surface area contributed by atoms with Crippen molar-refractivity contribution in [2.45, 2.75) is 19.3 Å².